The van der Waals surface area contributed by atoms with E-state index in [9.17, 15) is 14.4 Å². The van der Waals surface area contributed by atoms with Crippen LogP contribution in [0, 0.1) is 0 Å². The second kappa shape index (κ2) is 9.23. The molecule has 0 aliphatic rings. The van der Waals surface area contributed by atoms with Crippen molar-refractivity contribution < 1.29 is 14.4 Å². The van der Waals surface area contributed by atoms with Gasteiger partial charge in [-0.1, -0.05) is 48.5 Å². The first kappa shape index (κ1) is 20.9. The third kappa shape index (κ3) is 4.71. The van der Waals surface area contributed by atoms with Crippen LogP contribution in [-0.4, -0.2) is 32.5 Å². The number of carbonyl (C=O) groups excluding carboxylic acids is 3. The zero-order valence-corrected chi connectivity index (χ0v) is 17.7. The number of nitrogens with zero attached hydrogens (tertiary/aromatic N) is 3. The molecule has 0 saturated heterocycles. The van der Waals surface area contributed by atoms with E-state index >= 15 is 0 Å². The first-order valence-electron chi connectivity index (χ1n) is 9.55. The van der Waals surface area contributed by atoms with Gasteiger partial charge in [-0.25, -0.2) is 9.67 Å². The lowest BCUT2D eigenvalue weighted by molar-refractivity contribution is -0.114. The van der Waals surface area contributed by atoms with Gasteiger partial charge >= 0.3 is 0 Å². The van der Waals surface area contributed by atoms with Crippen LogP contribution in [-0.2, 0) is 4.79 Å². The van der Waals surface area contributed by atoms with E-state index in [4.69, 9.17) is 0 Å². The van der Waals surface area contributed by atoms with E-state index in [0.29, 0.717) is 10.8 Å². The number of hydrogen-bond donors (Lipinski definition) is 3. The maximum absolute atomic E-state index is 12.9. The minimum atomic E-state index is -0.608. The molecule has 32 heavy (non-hydrogen) atoms. The maximum Gasteiger partial charge on any atom is 0.289 e. The minimum absolute atomic E-state index is 0.0716. The normalized spacial score (nSPS) is 10.4. The van der Waals surface area contributed by atoms with E-state index in [1.807, 2.05) is 60.7 Å². The molecule has 4 rings (SSSR count). The zero-order chi connectivity index (χ0) is 22.5. The predicted molar refractivity (Wildman–Crippen MR) is 120 cm³/mol. The van der Waals surface area contributed by atoms with Crippen molar-refractivity contribution in [3.63, 3.8) is 0 Å². The molecule has 10 heteroatoms. The third-order valence-electron chi connectivity index (χ3n) is 4.34. The van der Waals surface area contributed by atoms with E-state index in [1.54, 1.807) is 10.9 Å². The molecule has 0 fully saturated rings. The fourth-order valence-corrected chi connectivity index (χ4v) is 3.63. The second-order valence-corrected chi connectivity index (χ2v) is 7.52. The van der Waals surface area contributed by atoms with E-state index in [0.717, 1.165) is 22.6 Å². The maximum atomic E-state index is 12.9. The zero-order valence-electron chi connectivity index (χ0n) is 16.9. The Hall–Kier alpha value is -4.31. The van der Waals surface area contributed by atoms with Crippen molar-refractivity contribution in [1.82, 2.24) is 25.6 Å². The van der Waals surface area contributed by atoms with Crippen molar-refractivity contribution in [2.75, 3.05) is 5.32 Å². The Morgan fingerprint density at radius 2 is 1.56 bits per heavy atom. The number of hydrogen-bond acceptors (Lipinski definition) is 6. The van der Waals surface area contributed by atoms with Crippen LogP contribution in [0.25, 0.3) is 16.9 Å². The first-order chi connectivity index (χ1) is 15.5. The Bertz CT molecular complexity index is 1270. The van der Waals surface area contributed by atoms with Crippen LogP contribution >= 0.6 is 11.3 Å². The summed E-state index contributed by atoms with van der Waals surface area (Å²) in [6.07, 6.45) is 1.61. The fourth-order valence-electron chi connectivity index (χ4n) is 2.89. The summed E-state index contributed by atoms with van der Waals surface area (Å²) < 4.78 is 1.61. The number of hydrazine groups is 1. The predicted octanol–water partition coefficient (Wildman–Crippen LogP) is 3.03. The van der Waals surface area contributed by atoms with E-state index in [2.05, 4.69) is 26.3 Å². The summed E-state index contributed by atoms with van der Waals surface area (Å²) in [6.45, 7) is 1.35. The molecule has 9 nitrogen and oxygen atoms in total. The Labute approximate surface area is 187 Å². The monoisotopic (exact) mass is 446 g/mol. The quantitative estimate of drug-likeness (QED) is 0.407. The third-order valence-corrected chi connectivity index (χ3v) is 5.09. The summed E-state index contributed by atoms with van der Waals surface area (Å²) in [6, 6.07) is 18.7. The highest BCUT2D eigenvalue weighted by molar-refractivity contribution is 7.14. The number of benzene rings is 2. The second-order valence-electron chi connectivity index (χ2n) is 6.66. The van der Waals surface area contributed by atoms with Gasteiger partial charge < -0.3 is 5.32 Å². The molecule has 0 aliphatic carbocycles. The van der Waals surface area contributed by atoms with Gasteiger partial charge in [-0.15, -0.1) is 11.3 Å². The van der Waals surface area contributed by atoms with Crippen molar-refractivity contribution in [3.05, 3.63) is 83.5 Å². The van der Waals surface area contributed by atoms with Crippen molar-refractivity contribution in [1.29, 1.82) is 0 Å². The summed E-state index contributed by atoms with van der Waals surface area (Å²) in [5.74, 6) is -1.43. The van der Waals surface area contributed by atoms with Crippen LogP contribution in [0.2, 0.25) is 0 Å². The molecule has 2 heterocycles. The van der Waals surface area contributed by atoms with Gasteiger partial charge in [0, 0.05) is 24.1 Å². The van der Waals surface area contributed by atoms with E-state index in [1.165, 1.54) is 12.3 Å². The molecule has 2 aromatic carbocycles. The van der Waals surface area contributed by atoms with Crippen molar-refractivity contribution in [3.8, 4) is 16.9 Å². The molecule has 160 valence electrons. The highest BCUT2D eigenvalue weighted by Crippen LogP contribution is 2.23. The lowest BCUT2D eigenvalue weighted by Gasteiger charge is -2.06. The molecular formula is C22H18N6O3S. The Morgan fingerprint density at radius 1 is 0.906 bits per heavy atom. The first-order valence-corrected chi connectivity index (χ1v) is 10.4. The highest BCUT2D eigenvalue weighted by atomic mass is 32.1. The number of anilines is 1. The Morgan fingerprint density at radius 3 is 2.25 bits per heavy atom. The number of amides is 3. The van der Waals surface area contributed by atoms with Crippen LogP contribution in [0.3, 0.4) is 0 Å². The van der Waals surface area contributed by atoms with Gasteiger partial charge in [0.25, 0.3) is 11.8 Å². The van der Waals surface area contributed by atoms with Gasteiger partial charge in [-0.3, -0.25) is 25.2 Å². The molecule has 0 spiro atoms. The molecule has 3 N–H and O–H groups in total. The summed E-state index contributed by atoms with van der Waals surface area (Å²) in [7, 11) is 0. The van der Waals surface area contributed by atoms with Crippen molar-refractivity contribution in [2.24, 2.45) is 0 Å². The van der Waals surface area contributed by atoms with Crippen molar-refractivity contribution >= 4 is 34.2 Å². The van der Waals surface area contributed by atoms with Crippen LogP contribution in [0.15, 0.2) is 72.2 Å². The molecule has 0 atom stereocenters. The van der Waals surface area contributed by atoms with Gasteiger partial charge in [0.2, 0.25) is 5.91 Å². The molecule has 2 aromatic heterocycles. The molecule has 0 bridgehead atoms. The lowest BCUT2D eigenvalue weighted by Crippen LogP contribution is -2.41. The van der Waals surface area contributed by atoms with Crippen LogP contribution in [0.4, 0.5) is 5.13 Å². The molecule has 0 unspecified atom stereocenters. The van der Waals surface area contributed by atoms with Gasteiger partial charge in [0.1, 0.15) is 11.4 Å². The molecular weight excluding hydrogens is 428 g/mol. The average Bonchev–Trinajstić information content (AvgIpc) is 3.46. The van der Waals surface area contributed by atoms with Crippen LogP contribution < -0.4 is 16.2 Å². The minimum Gasteiger partial charge on any atom is -0.302 e. The van der Waals surface area contributed by atoms with Crippen molar-refractivity contribution in [2.45, 2.75) is 6.92 Å². The summed E-state index contributed by atoms with van der Waals surface area (Å²) in [5, 5.41) is 8.86. The largest absolute Gasteiger partial charge is 0.302 e. The van der Waals surface area contributed by atoms with Gasteiger partial charge in [0.05, 0.1) is 11.3 Å². The van der Waals surface area contributed by atoms with E-state index in [-0.39, 0.29) is 17.2 Å². The summed E-state index contributed by atoms with van der Waals surface area (Å²) in [5.41, 5.74) is 7.15. The number of nitrogens with one attached hydrogen (secondary N) is 3. The van der Waals surface area contributed by atoms with Crippen LogP contribution in [0.5, 0.6) is 0 Å². The number of rotatable bonds is 5. The standard InChI is InChI=1S/C22H18N6O3S/c1-14(29)23-22-24-18(13-32-22)21(31)26-25-20(30)17-12-28(16-10-6-3-7-11-16)27-19(17)15-8-4-2-5-9-15/h2-13H,1H3,(H,25,30)(H,26,31)(H,23,24,29). The molecule has 0 saturated carbocycles. The van der Waals surface area contributed by atoms with Gasteiger partial charge in [-0.2, -0.15) is 5.10 Å². The SMILES string of the molecule is CC(=O)Nc1nc(C(=O)NNC(=O)c2cn(-c3ccccc3)nc2-c2ccccc2)cs1. The number of para-hydroxylation sites is 1. The molecule has 0 aliphatic heterocycles. The van der Waals surface area contributed by atoms with Gasteiger partial charge in [-0.05, 0) is 12.1 Å². The average molecular weight is 446 g/mol. The molecule has 0 radical (unpaired) electrons. The Kier molecular flexibility index (Phi) is 6.04. The van der Waals surface area contributed by atoms with E-state index < -0.39 is 11.8 Å². The van der Waals surface area contributed by atoms with Gasteiger partial charge in [0.15, 0.2) is 5.13 Å². The lowest BCUT2D eigenvalue weighted by atomic mass is 10.1. The molecule has 3 amide bonds. The van der Waals surface area contributed by atoms with Crippen LogP contribution in [0.1, 0.15) is 27.8 Å². The number of thiazole rings is 1. The number of aromatic nitrogens is 3. The summed E-state index contributed by atoms with van der Waals surface area (Å²) >= 11 is 1.11. The number of carbonyl (C=O) groups is 3. The smallest absolute Gasteiger partial charge is 0.289 e. The Balaban J connectivity index is 1.55. The highest BCUT2D eigenvalue weighted by Gasteiger charge is 2.20. The fraction of sp³-hybridized carbons (Fsp3) is 0.0455. The summed E-state index contributed by atoms with van der Waals surface area (Å²) in [4.78, 5) is 40.4. The topological polar surface area (TPSA) is 118 Å². The molecule has 4 aromatic rings.